The maximum Gasteiger partial charge on any atom is 0.254 e. The summed E-state index contributed by atoms with van der Waals surface area (Å²) in [6.45, 7) is 8.05. The highest BCUT2D eigenvalue weighted by Gasteiger charge is 2.34. The summed E-state index contributed by atoms with van der Waals surface area (Å²) in [5.74, 6) is -0.0461. The van der Waals surface area contributed by atoms with Gasteiger partial charge in [-0.3, -0.25) is 14.9 Å². The van der Waals surface area contributed by atoms with E-state index in [1.165, 1.54) is 0 Å². The van der Waals surface area contributed by atoms with Crippen molar-refractivity contribution in [2.24, 2.45) is 11.8 Å². The predicted octanol–water partition coefficient (Wildman–Crippen LogP) is 2.03. The van der Waals surface area contributed by atoms with Crippen LogP contribution in [-0.4, -0.2) is 11.8 Å². The minimum absolute atomic E-state index is 0.167. The zero-order chi connectivity index (χ0) is 11.6. The van der Waals surface area contributed by atoms with Gasteiger partial charge < -0.3 is 0 Å². The molecule has 1 aliphatic rings. The van der Waals surface area contributed by atoms with E-state index in [0.717, 1.165) is 12.8 Å². The van der Waals surface area contributed by atoms with Crippen LogP contribution in [0.3, 0.4) is 0 Å². The Balaban J connectivity index is 3.15. The van der Waals surface area contributed by atoms with Crippen LogP contribution in [-0.2, 0) is 9.59 Å². The van der Waals surface area contributed by atoms with Gasteiger partial charge in [-0.1, -0.05) is 27.7 Å². The van der Waals surface area contributed by atoms with Gasteiger partial charge in [-0.25, -0.2) is 0 Å². The summed E-state index contributed by atoms with van der Waals surface area (Å²) in [6, 6.07) is 0. The third kappa shape index (κ3) is 2.11. The zero-order valence-corrected chi connectivity index (χ0v) is 9.89. The quantitative estimate of drug-likeness (QED) is 0.720. The van der Waals surface area contributed by atoms with Gasteiger partial charge in [-0.2, -0.15) is 0 Å². The standard InChI is InChI=1S/C12H19NO2/c1-5-7(3)9-10(8(4)6-2)12(15)13-11(9)14/h7-8H,5-6H2,1-4H3,(H,13,14,15). The SMILES string of the molecule is CCC(C)C1=C(C(C)CC)C(=O)NC1=O. The van der Waals surface area contributed by atoms with Crippen molar-refractivity contribution in [3.8, 4) is 0 Å². The molecule has 1 aliphatic heterocycles. The highest BCUT2D eigenvalue weighted by molar-refractivity contribution is 6.19. The number of nitrogens with one attached hydrogen (secondary N) is 1. The van der Waals surface area contributed by atoms with Crippen molar-refractivity contribution in [1.29, 1.82) is 0 Å². The molecule has 1 N–H and O–H groups in total. The van der Waals surface area contributed by atoms with Crippen molar-refractivity contribution in [3.63, 3.8) is 0 Å². The molecular weight excluding hydrogens is 190 g/mol. The molecule has 84 valence electrons. The molecule has 0 bridgehead atoms. The molecule has 0 spiro atoms. The highest BCUT2D eigenvalue weighted by atomic mass is 16.2. The largest absolute Gasteiger partial charge is 0.289 e. The molecule has 0 aliphatic carbocycles. The number of hydrogen-bond donors (Lipinski definition) is 1. The molecule has 1 rings (SSSR count). The molecule has 3 nitrogen and oxygen atoms in total. The van der Waals surface area contributed by atoms with Gasteiger partial charge in [0.05, 0.1) is 0 Å². The molecule has 0 aromatic carbocycles. The predicted molar refractivity (Wildman–Crippen MR) is 59.1 cm³/mol. The van der Waals surface area contributed by atoms with Gasteiger partial charge in [0.15, 0.2) is 0 Å². The molecule has 15 heavy (non-hydrogen) atoms. The summed E-state index contributed by atoms with van der Waals surface area (Å²) >= 11 is 0. The minimum Gasteiger partial charge on any atom is -0.289 e. The Morgan fingerprint density at radius 3 is 1.53 bits per heavy atom. The Hall–Kier alpha value is -1.12. The molecule has 0 saturated heterocycles. The lowest BCUT2D eigenvalue weighted by molar-refractivity contribution is -0.124. The first-order chi connectivity index (χ1) is 7.02. The van der Waals surface area contributed by atoms with Crippen LogP contribution in [0.5, 0.6) is 0 Å². The minimum atomic E-state index is -0.190. The van der Waals surface area contributed by atoms with Crippen LogP contribution in [0.15, 0.2) is 11.1 Å². The Bertz CT molecular complexity index is 288. The summed E-state index contributed by atoms with van der Waals surface area (Å²) in [7, 11) is 0. The number of hydrogen-bond acceptors (Lipinski definition) is 2. The number of carbonyl (C=O) groups is 2. The van der Waals surface area contributed by atoms with Gasteiger partial charge in [0, 0.05) is 11.1 Å². The third-order valence-electron chi connectivity index (χ3n) is 3.22. The van der Waals surface area contributed by atoms with Crippen molar-refractivity contribution in [3.05, 3.63) is 11.1 Å². The van der Waals surface area contributed by atoms with Crippen LogP contribution < -0.4 is 5.32 Å². The van der Waals surface area contributed by atoms with Crippen LogP contribution in [0.25, 0.3) is 0 Å². The molecule has 2 atom stereocenters. The number of imide groups is 1. The maximum atomic E-state index is 11.6. The molecule has 3 heteroatoms. The summed E-state index contributed by atoms with van der Waals surface area (Å²) in [6.07, 6.45) is 1.77. The van der Waals surface area contributed by atoms with Gasteiger partial charge in [0.2, 0.25) is 0 Å². The van der Waals surface area contributed by atoms with E-state index in [1.807, 2.05) is 27.7 Å². The van der Waals surface area contributed by atoms with E-state index in [4.69, 9.17) is 0 Å². The van der Waals surface area contributed by atoms with Crippen LogP contribution in [0.4, 0.5) is 0 Å². The Morgan fingerprint density at radius 2 is 1.27 bits per heavy atom. The van der Waals surface area contributed by atoms with E-state index in [9.17, 15) is 9.59 Å². The fraction of sp³-hybridized carbons (Fsp3) is 0.667. The summed E-state index contributed by atoms with van der Waals surface area (Å²) in [4.78, 5) is 23.3. The fourth-order valence-corrected chi connectivity index (χ4v) is 1.87. The van der Waals surface area contributed by atoms with E-state index in [1.54, 1.807) is 0 Å². The van der Waals surface area contributed by atoms with Gasteiger partial charge in [0.25, 0.3) is 11.8 Å². The van der Waals surface area contributed by atoms with Crippen LogP contribution in [0.2, 0.25) is 0 Å². The molecule has 0 saturated carbocycles. The lowest BCUT2D eigenvalue weighted by Crippen LogP contribution is -2.24. The fourth-order valence-electron chi connectivity index (χ4n) is 1.87. The second-order valence-corrected chi connectivity index (χ2v) is 4.23. The van der Waals surface area contributed by atoms with Gasteiger partial charge in [-0.05, 0) is 24.7 Å². The molecule has 2 unspecified atom stereocenters. The summed E-state index contributed by atoms with van der Waals surface area (Å²) < 4.78 is 0. The van der Waals surface area contributed by atoms with Crippen LogP contribution in [0, 0.1) is 11.8 Å². The molecule has 2 amide bonds. The van der Waals surface area contributed by atoms with E-state index >= 15 is 0 Å². The zero-order valence-electron chi connectivity index (χ0n) is 9.89. The molecule has 0 fully saturated rings. The lowest BCUT2D eigenvalue weighted by Gasteiger charge is -2.13. The maximum absolute atomic E-state index is 11.6. The molecule has 0 aromatic heterocycles. The number of rotatable bonds is 4. The van der Waals surface area contributed by atoms with Gasteiger partial charge in [-0.15, -0.1) is 0 Å². The van der Waals surface area contributed by atoms with E-state index in [0.29, 0.717) is 11.1 Å². The average Bonchev–Trinajstić information content (AvgIpc) is 2.51. The molecular formula is C12H19NO2. The van der Waals surface area contributed by atoms with Crippen molar-refractivity contribution < 1.29 is 9.59 Å². The van der Waals surface area contributed by atoms with Crippen molar-refractivity contribution in [2.75, 3.05) is 0 Å². The van der Waals surface area contributed by atoms with Crippen molar-refractivity contribution in [1.82, 2.24) is 5.32 Å². The molecule has 1 heterocycles. The van der Waals surface area contributed by atoms with Crippen molar-refractivity contribution in [2.45, 2.75) is 40.5 Å². The first-order valence-electron chi connectivity index (χ1n) is 5.62. The smallest absolute Gasteiger partial charge is 0.254 e. The first kappa shape index (κ1) is 12.0. The Labute approximate surface area is 90.9 Å². The van der Waals surface area contributed by atoms with E-state index in [-0.39, 0.29) is 23.7 Å². The van der Waals surface area contributed by atoms with Gasteiger partial charge >= 0.3 is 0 Å². The third-order valence-corrected chi connectivity index (χ3v) is 3.22. The highest BCUT2D eigenvalue weighted by Crippen LogP contribution is 2.29. The monoisotopic (exact) mass is 209 g/mol. The second-order valence-electron chi connectivity index (χ2n) is 4.23. The number of amides is 2. The average molecular weight is 209 g/mol. The van der Waals surface area contributed by atoms with E-state index in [2.05, 4.69) is 5.32 Å². The summed E-state index contributed by atoms with van der Waals surface area (Å²) in [5.41, 5.74) is 1.41. The Kier molecular flexibility index (Phi) is 3.66. The first-order valence-corrected chi connectivity index (χ1v) is 5.62. The van der Waals surface area contributed by atoms with Gasteiger partial charge in [0.1, 0.15) is 0 Å². The molecule has 0 radical (unpaired) electrons. The normalized spacial score (nSPS) is 20.5. The van der Waals surface area contributed by atoms with Crippen molar-refractivity contribution >= 4 is 11.8 Å². The van der Waals surface area contributed by atoms with Crippen LogP contribution >= 0.6 is 0 Å². The number of carbonyl (C=O) groups excluding carboxylic acids is 2. The topological polar surface area (TPSA) is 46.2 Å². The van der Waals surface area contributed by atoms with E-state index < -0.39 is 0 Å². The van der Waals surface area contributed by atoms with Crippen LogP contribution in [0.1, 0.15) is 40.5 Å². The summed E-state index contributed by atoms with van der Waals surface area (Å²) in [5, 5.41) is 2.40. The lowest BCUT2D eigenvalue weighted by atomic mass is 9.88. The second kappa shape index (κ2) is 4.60. The Morgan fingerprint density at radius 1 is 0.933 bits per heavy atom. The molecule has 0 aromatic rings.